The molecule has 1 atom stereocenters. The minimum atomic E-state index is 0.0455. The molecule has 4 heteroatoms. The monoisotopic (exact) mass is 273 g/mol. The normalized spacial score (nSPS) is 12.4. The molecule has 20 heavy (non-hydrogen) atoms. The zero-order valence-electron chi connectivity index (χ0n) is 12.7. The fourth-order valence-electron chi connectivity index (χ4n) is 2.74. The molecule has 0 saturated heterocycles. The van der Waals surface area contributed by atoms with Crippen LogP contribution in [0.15, 0.2) is 24.3 Å². The zero-order chi connectivity index (χ0) is 14.7. The molecule has 2 rings (SSSR count). The summed E-state index contributed by atoms with van der Waals surface area (Å²) in [5.41, 5.74) is 10.7. The van der Waals surface area contributed by atoms with Crippen LogP contribution in [-0.2, 0) is 6.42 Å². The van der Waals surface area contributed by atoms with Gasteiger partial charge in [0, 0.05) is 12.2 Å². The Morgan fingerprint density at radius 2 is 2.10 bits per heavy atom. The number of hydrogen-bond donors (Lipinski definition) is 1. The fraction of sp³-hybridized carbons (Fsp3) is 0.438. The second kappa shape index (κ2) is 6.09. The van der Waals surface area contributed by atoms with E-state index in [1.165, 1.54) is 11.3 Å². The van der Waals surface area contributed by atoms with Gasteiger partial charge in [0.15, 0.2) is 0 Å². The quantitative estimate of drug-likeness (QED) is 0.911. The van der Waals surface area contributed by atoms with Crippen LogP contribution in [0.5, 0.6) is 5.75 Å². The number of aromatic nitrogens is 2. The van der Waals surface area contributed by atoms with Gasteiger partial charge in [-0.2, -0.15) is 5.10 Å². The average Bonchev–Trinajstić information content (AvgIpc) is 2.75. The molecule has 0 aliphatic rings. The summed E-state index contributed by atoms with van der Waals surface area (Å²) in [5, 5.41) is 4.68. The summed E-state index contributed by atoms with van der Waals surface area (Å²) in [7, 11) is 1.68. The second-order valence-corrected chi connectivity index (χ2v) is 4.98. The Morgan fingerprint density at radius 3 is 2.65 bits per heavy atom. The van der Waals surface area contributed by atoms with Crippen molar-refractivity contribution in [3.05, 3.63) is 46.8 Å². The molecule has 4 nitrogen and oxygen atoms in total. The first kappa shape index (κ1) is 14.6. The first-order chi connectivity index (χ1) is 9.62. The minimum absolute atomic E-state index is 0.0455. The predicted octanol–water partition coefficient (Wildman–Crippen LogP) is 2.62. The summed E-state index contributed by atoms with van der Waals surface area (Å²) in [6.07, 6.45) is 0.993. The van der Waals surface area contributed by atoms with Crippen LogP contribution in [-0.4, -0.2) is 23.4 Å². The van der Waals surface area contributed by atoms with Crippen LogP contribution >= 0.6 is 0 Å². The van der Waals surface area contributed by atoms with Gasteiger partial charge in [0.1, 0.15) is 5.75 Å². The number of methoxy groups -OCH3 is 1. The van der Waals surface area contributed by atoms with Gasteiger partial charge in [0.2, 0.25) is 0 Å². The van der Waals surface area contributed by atoms with Gasteiger partial charge < -0.3 is 10.5 Å². The molecule has 1 unspecified atom stereocenters. The Kier molecular flexibility index (Phi) is 4.45. The minimum Gasteiger partial charge on any atom is -0.497 e. The van der Waals surface area contributed by atoms with Gasteiger partial charge in [0.25, 0.3) is 0 Å². The Hall–Kier alpha value is -1.81. The number of benzene rings is 1. The topological polar surface area (TPSA) is 53.1 Å². The lowest BCUT2D eigenvalue weighted by molar-refractivity contribution is 0.412. The zero-order valence-corrected chi connectivity index (χ0v) is 12.7. The molecule has 0 fully saturated rings. The van der Waals surface area contributed by atoms with E-state index in [2.05, 4.69) is 31.9 Å². The molecule has 2 aromatic rings. The standard InChI is InChI=1S/C16H23N3O/c1-5-15-11(2)18-19(12(15)3)16(10-17)13-7-6-8-14(9-13)20-4/h6-9,16H,5,10,17H2,1-4H3. The van der Waals surface area contributed by atoms with Gasteiger partial charge in [0.05, 0.1) is 18.8 Å². The van der Waals surface area contributed by atoms with E-state index in [9.17, 15) is 0 Å². The average molecular weight is 273 g/mol. The summed E-state index contributed by atoms with van der Waals surface area (Å²) in [4.78, 5) is 0. The van der Waals surface area contributed by atoms with Gasteiger partial charge in [-0.15, -0.1) is 0 Å². The van der Waals surface area contributed by atoms with Crippen LogP contribution in [0, 0.1) is 13.8 Å². The van der Waals surface area contributed by atoms with E-state index < -0.39 is 0 Å². The maximum absolute atomic E-state index is 6.00. The molecular formula is C16H23N3O. The SMILES string of the molecule is CCc1c(C)nn(C(CN)c2cccc(OC)c2)c1C. The smallest absolute Gasteiger partial charge is 0.119 e. The van der Waals surface area contributed by atoms with E-state index in [0.29, 0.717) is 6.54 Å². The van der Waals surface area contributed by atoms with Crippen molar-refractivity contribution in [2.45, 2.75) is 33.2 Å². The van der Waals surface area contributed by atoms with E-state index in [1.807, 2.05) is 22.9 Å². The largest absolute Gasteiger partial charge is 0.497 e. The summed E-state index contributed by atoms with van der Waals surface area (Å²) in [6, 6.07) is 8.07. The molecule has 0 spiro atoms. The fourth-order valence-corrected chi connectivity index (χ4v) is 2.74. The van der Waals surface area contributed by atoms with Gasteiger partial charge in [-0.1, -0.05) is 19.1 Å². The molecule has 0 amide bonds. The first-order valence-electron chi connectivity index (χ1n) is 7.00. The highest BCUT2D eigenvalue weighted by Crippen LogP contribution is 2.25. The van der Waals surface area contributed by atoms with Crippen molar-refractivity contribution in [2.24, 2.45) is 5.73 Å². The van der Waals surface area contributed by atoms with Gasteiger partial charge >= 0.3 is 0 Å². The number of rotatable bonds is 5. The van der Waals surface area contributed by atoms with E-state index in [4.69, 9.17) is 10.5 Å². The molecule has 0 aliphatic heterocycles. The van der Waals surface area contributed by atoms with Crippen LogP contribution in [0.1, 0.15) is 35.5 Å². The van der Waals surface area contributed by atoms with Crippen LogP contribution in [0.2, 0.25) is 0 Å². The third-order valence-electron chi connectivity index (χ3n) is 3.83. The van der Waals surface area contributed by atoms with E-state index in [-0.39, 0.29) is 6.04 Å². The Bertz CT molecular complexity index is 589. The van der Waals surface area contributed by atoms with E-state index >= 15 is 0 Å². The molecule has 1 aromatic heterocycles. The molecule has 0 aliphatic carbocycles. The maximum atomic E-state index is 6.00. The van der Waals surface area contributed by atoms with Gasteiger partial charge in [-0.05, 0) is 43.5 Å². The van der Waals surface area contributed by atoms with Crippen molar-refractivity contribution >= 4 is 0 Å². The molecule has 0 saturated carbocycles. The number of nitrogens with two attached hydrogens (primary N) is 1. The number of nitrogens with zero attached hydrogens (tertiary/aromatic N) is 2. The van der Waals surface area contributed by atoms with Crippen LogP contribution in [0.4, 0.5) is 0 Å². The van der Waals surface area contributed by atoms with Crippen molar-refractivity contribution in [2.75, 3.05) is 13.7 Å². The van der Waals surface area contributed by atoms with E-state index in [1.54, 1.807) is 7.11 Å². The molecule has 1 heterocycles. The molecule has 0 radical (unpaired) electrons. The lowest BCUT2D eigenvalue weighted by Gasteiger charge is -2.18. The highest BCUT2D eigenvalue weighted by Gasteiger charge is 2.19. The predicted molar refractivity (Wildman–Crippen MR) is 81.3 cm³/mol. The molecule has 1 aromatic carbocycles. The lowest BCUT2D eigenvalue weighted by atomic mass is 10.1. The first-order valence-corrected chi connectivity index (χ1v) is 7.00. The summed E-state index contributed by atoms with van der Waals surface area (Å²) >= 11 is 0. The van der Waals surface area contributed by atoms with Crippen molar-refractivity contribution in [3.8, 4) is 5.75 Å². The Balaban J connectivity index is 2.46. The van der Waals surface area contributed by atoms with Gasteiger partial charge in [-0.25, -0.2) is 0 Å². The number of ether oxygens (including phenoxy) is 1. The third kappa shape index (κ3) is 2.56. The van der Waals surface area contributed by atoms with Crippen LogP contribution in [0.3, 0.4) is 0 Å². The second-order valence-electron chi connectivity index (χ2n) is 4.98. The van der Waals surface area contributed by atoms with Crippen LogP contribution in [0.25, 0.3) is 0 Å². The third-order valence-corrected chi connectivity index (χ3v) is 3.83. The summed E-state index contributed by atoms with van der Waals surface area (Å²) in [6.45, 7) is 6.84. The molecular weight excluding hydrogens is 250 g/mol. The Morgan fingerprint density at radius 1 is 1.35 bits per heavy atom. The molecule has 0 bridgehead atoms. The van der Waals surface area contributed by atoms with Crippen LogP contribution < -0.4 is 10.5 Å². The number of hydrogen-bond acceptors (Lipinski definition) is 3. The van der Waals surface area contributed by atoms with E-state index in [0.717, 1.165) is 23.4 Å². The van der Waals surface area contributed by atoms with Crippen molar-refractivity contribution in [3.63, 3.8) is 0 Å². The van der Waals surface area contributed by atoms with Crippen molar-refractivity contribution in [1.29, 1.82) is 0 Å². The molecule has 108 valence electrons. The lowest BCUT2D eigenvalue weighted by Crippen LogP contribution is -2.22. The molecule has 2 N–H and O–H groups in total. The maximum Gasteiger partial charge on any atom is 0.119 e. The highest BCUT2D eigenvalue weighted by molar-refractivity contribution is 5.33. The summed E-state index contributed by atoms with van der Waals surface area (Å²) in [5.74, 6) is 0.846. The Labute approximate surface area is 120 Å². The van der Waals surface area contributed by atoms with Crippen molar-refractivity contribution < 1.29 is 4.74 Å². The highest BCUT2D eigenvalue weighted by atomic mass is 16.5. The number of aryl methyl sites for hydroxylation is 1. The summed E-state index contributed by atoms with van der Waals surface area (Å²) < 4.78 is 7.34. The van der Waals surface area contributed by atoms with Crippen molar-refractivity contribution in [1.82, 2.24) is 9.78 Å². The van der Waals surface area contributed by atoms with Gasteiger partial charge in [-0.3, -0.25) is 4.68 Å².